The van der Waals surface area contributed by atoms with Crippen molar-refractivity contribution in [3.05, 3.63) is 17.0 Å². The number of aromatic nitrogens is 2. The molecule has 1 rings (SSSR count). The smallest absolute Gasteiger partial charge is 0.0644 e. The molecule has 2 N–H and O–H groups in total. The summed E-state index contributed by atoms with van der Waals surface area (Å²) < 4.78 is 1.99. The van der Waals surface area contributed by atoms with Crippen LogP contribution in [0.5, 0.6) is 0 Å². The Kier molecular flexibility index (Phi) is 5.78. The Morgan fingerprint density at radius 1 is 1.35 bits per heavy atom. The van der Waals surface area contributed by atoms with Crippen LogP contribution in [0.15, 0.2) is 0 Å². The number of aryl methyl sites for hydroxylation is 2. The molecule has 0 radical (unpaired) electrons. The molecule has 0 aliphatic heterocycles. The molecule has 116 valence electrons. The zero-order valence-corrected chi connectivity index (χ0v) is 14.3. The summed E-state index contributed by atoms with van der Waals surface area (Å²) in [6.07, 6.45) is 1.16. The average Bonchev–Trinajstić information content (AvgIpc) is 2.62. The van der Waals surface area contributed by atoms with E-state index in [1.54, 1.807) is 0 Å². The standard InChI is InChI=1S/C16H32N4/c1-8-9-20(11-16(5,6)10-17)14(4)15-12(2)18-19(7)13(15)3/h14H,8-11,17H2,1-7H3. The predicted molar refractivity (Wildman–Crippen MR) is 85.8 cm³/mol. The lowest BCUT2D eigenvalue weighted by molar-refractivity contribution is 0.140. The van der Waals surface area contributed by atoms with Crippen molar-refractivity contribution < 1.29 is 0 Å². The Hall–Kier alpha value is -0.870. The minimum absolute atomic E-state index is 0.146. The van der Waals surface area contributed by atoms with Gasteiger partial charge in [0.05, 0.1) is 5.69 Å². The molecule has 1 unspecified atom stereocenters. The number of rotatable bonds is 7. The maximum Gasteiger partial charge on any atom is 0.0644 e. The first kappa shape index (κ1) is 17.2. The molecule has 0 aliphatic rings. The van der Waals surface area contributed by atoms with Crippen LogP contribution < -0.4 is 5.73 Å². The average molecular weight is 280 g/mol. The number of hydrogen-bond acceptors (Lipinski definition) is 3. The highest BCUT2D eigenvalue weighted by atomic mass is 15.3. The Morgan fingerprint density at radius 2 is 1.95 bits per heavy atom. The van der Waals surface area contributed by atoms with Gasteiger partial charge >= 0.3 is 0 Å². The molecule has 0 bridgehead atoms. The molecular formula is C16H32N4. The lowest BCUT2D eigenvalue weighted by atomic mass is 9.91. The van der Waals surface area contributed by atoms with E-state index in [-0.39, 0.29) is 5.41 Å². The Balaban J connectivity index is 3.02. The van der Waals surface area contributed by atoms with Gasteiger partial charge in [-0.15, -0.1) is 0 Å². The van der Waals surface area contributed by atoms with Gasteiger partial charge in [-0.2, -0.15) is 5.10 Å². The van der Waals surface area contributed by atoms with E-state index in [2.05, 4.69) is 51.5 Å². The summed E-state index contributed by atoms with van der Waals surface area (Å²) >= 11 is 0. The van der Waals surface area contributed by atoms with Gasteiger partial charge in [-0.25, -0.2) is 0 Å². The highest BCUT2D eigenvalue weighted by Gasteiger charge is 2.26. The first-order chi connectivity index (χ1) is 9.23. The van der Waals surface area contributed by atoms with Crippen molar-refractivity contribution in [2.24, 2.45) is 18.2 Å². The highest BCUT2D eigenvalue weighted by Crippen LogP contribution is 2.29. The zero-order valence-electron chi connectivity index (χ0n) is 14.3. The number of nitrogens with two attached hydrogens (primary N) is 1. The first-order valence-electron chi connectivity index (χ1n) is 7.67. The van der Waals surface area contributed by atoms with Gasteiger partial charge in [-0.3, -0.25) is 9.58 Å². The molecule has 0 saturated heterocycles. The van der Waals surface area contributed by atoms with Crippen LogP contribution >= 0.6 is 0 Å². The van der Waals surface area contributed by atoms with E-state index in [0.29, 0.717) is 12.6 Å². The van der Waals surface area contributed by atoms with E-state index in [4.69, 9.17) is 5.73 Å². The van der Waals surface area contributed by atoms with E-state index >= 15 is 0 Å². The van der Waals surface area contributed by atoms with Gasteiger partial charge < -0.3 is 5.73 Å². The second-order valence-corrected chi connectivity index (χ2v) is 6.72. The Morgan fingerprint density at radius 3 is 2.35 bits per heavy atom. The molecule has 0 fully saturated rings. The Labute approximate surface area is 124 Å². The van der Waals surface area contributed by atoms with Crippen molar-refractivity contribution in [2.75, 3.05) is 19.6 Å². The van der Waals surface area contributed by atoms with E-state index in [1.165, 1.54) is 11.3 Å². The fourth-order valence-electron chi connectivity index (χ4n) is 2.89. The molecule has 0 spiro atoms. The molecule has 0 saturated carbocycles. The van der Waals surface area contributed by atoms with E-state index < -0.39 is 0 Å². The minimum atomic E-state index is 0.146. The van der Waals surface area contributed by atoms with E-state index in [1.807, 2.05) is 11.7 Å². The monoisotopic (exact) mass is 280 g/mol. The van der Waals surface area contributed by atoms with Gasteiger partial charge in [0.15, 0.2) is 0 Å². The number of nitrogens with zero attached hydrogens (tertiary/aromatic N) is 3. The van der Waals surface area contributed by atoms with Gasteiger partial charge in [0, 0.05) is 30.9 Å². The topological polar surface area (TPSA) is 47.1 Å². The summed E-state index contributed by atoms with van der Waals surface area (Å²) in [6.45, 7) is 16.1. The second-order valence-electron chi connectivity index (χ2n) is 6.72. The lowest BCUT2D eigenvalue weighted by Gasteiger charge is -2.36. The first-order valence-corrected chi connectivity index (χ1v) is 7.67. The normalized spacial score (nSPS) is 14.1. The van der Waals surface area contributed by atoms with Crippen LogP contribution in [-0.2, 0) is 7.05 Å². The SMILES string of the molecule is CCCN(CC(C)(C)CN)C(C)c1c(C)nn(C)c1C. The third kappa shape index (κ3) is 3.83. The van der Waals surface area contributed by atoms with Crippen LogP contribution in [0, 0.1) is 19.3 Å². The van der Waals surface area contributed by atoms with Gasteiger partial charge in [-0.05, 0) is 45.7 Å². The van der Waals surface area contributed by atoms with Crippen LogP contribution in [0.2, 0.25) is 0 Å². The maximum atomic E-state index is 5.91. The quantitative estimate of drug-likeness (QED) is 0.835. The van der Waals surface area contributed by atoms with Crippen LogP contribution in [0.25, 0.3) is 0 Å². The highest BCUT2D eigenvalue weighted by molar-refractivity contribution is 5.27. The molecule has 1 heterocycles. The second kappa shape index (κ2) is 6.72. The van der Waals surface area contributed by atoms with Crippen molar-refractivity contribution >= 4 is 0 Å². The predicted octanol–water partition coefficient (Wildman–Crippen LogP) is 2.79. The molecule has 4 nitrogen and oxygen atoms in total. The number of hydrogen-bond donors (Lipinski definition) is 1. The summed E-state index contributed by atoms with van der Waals surface area (Å²) in [7, 11) is 2.02. The summed E-state index contributed by atoms with van der Waals surface area (Å²) in [5, 5.41) is 4.56. The van der Waals surface area contributed by atoms with Crippen LogP contribution in [-0.4, -0.2) is 34.3 Å². The molecule has 1 aromatic rings. The lowest BCUT2D eigenvalue weighted by Crippen LogP contribution is -2.40. The van der Waals surface area contributed by atoms with Crippen molar-refractivity contribution in [1.29, 1.82) is 0 Å². The van der Waals surface area contributed by atoms with Gasteiger partial charge in [-0.1, -0.05) is 20.8 Å². The molecule has 4 heteroatoms. The van der Waals surface area contributed by atoms with Gasteiger partial charge in [0.2, 0.25) is 0 Å². The third-order valence-corrected chi connectivity index (χ3v) is 4.23. The third-order valence-electron chi connectivity index (χ3n) is 4.23. The summed E-state index contributed by atoms with van der Waals surface area (Å²) in [5.41, 5.74) is 9.83. The van der Waals surface area contributed by atoms with Crippen LogP contribution in [0.1, 0.15) is 57.1 Å². The summed E-state index contributed by atoms with van der Waals surface area (Å²) in [4.78, 5) is 2.55. The van der Waals surface area contributed by atoms with Crippen molar-refractivity contribution in [3.8, 4) is 0 Å². The Bertz CT molecular complexity index is 434. The molecular weight excluding hydrogens is 248 g/mol. The van der Waals surface area contributed by atoms with Crippen LogP contribution in [0.4, 0.5) is 0 Å². The molecule has 1 aromatic heterocycles. The molecule has 0 amide bonds. The van der Waals surface area contributed by atoms with E-state index in [9.17, 15) is 0 Å². The van der Waals surface area contributed by atoms with Crippen molar-refractivity contribution in [2.45, 2.75) is 54.0 Å². The molecule has 20 heavy (non-hydrogen) atoms. The molecule has 1 atom stereocenters. The summed E-state index contributed by atoms with van der Waals surface area (Å²) in [5.74, 6) is 0. The van der Waals surface area contributed by atoms with Crippen molar-refractivity contribution in [1.82, 2.24) is 14.7 Å². The minimum Gasteiger partial charge on any atom is -0.330 e. The largest absolute Gasteiger partial charge is 0.330 e. The zero-order chi connectivity index (χ0) is 15.5. The van der Waals surface area contributed by atoms with Gasteiger partial charge in [0.25, 0.3) is 0 Å². The maximum absolute atomic E-state index is 5.91. The van der Waals surface area contributed by atoms with Gasteiger partial charge in [0.1, 0.15) is 0 Å². The van der Waals surface area contributed by atoms with Crippen molar-refractivity contribution in [3.63, 3.8) is 0 Å². The molecule has 0 aromatic carbocycles. The molecule has 0 aliphatic carbocycles. The fourth-order valence-corrected chi connectivity index (χ4v) is 2.89. The van der Waals surface area contributed by atoms with Crippen LogP contribution in [0.3, 0.4) is 0 Å². The fraction of sp³-hybridized carbons (Fsp3) is 0.812. The summed E-state index contributed by atoms with van der Waals surface area (Å²) in [6, 6.07) is 0.384. The van der Waals surface area contributed by atoms with E-state index in [0.717, 1.165) is 25.2 Å².